The second-order valence-electron chi connectivity index (χ2n) is 7.87. The molecule has 1 N–H and O–H groups in total. The molecular weight excluding hydrogens is 521 g/mol. The lowest BCUT2D eigenvalue weighted by molar-refractivity contribution is 0.00531. The lowest BCUT2D eigenvalue weighted by atomic mass is 10.1. The van der Waals surface area contributed by atoms with Crippen molar-refractivity contribution < 1.29 is 4.74 Å². The third kappa shape index (κ3) is 9.03. The predicted octanol–water partition coefficient (Wildman–Crippen LogP) is 4.15. The Bertz CT molecular complexity index is 777. The summed E-state index contributed by atoms with van der Waals surface area (Å²) in [5.41, 5.74) is 2.48. The van der Waals surface area contributed by atoms with Crippen LogP contribution in [0.2, 0.25) is 0 Å². The first-order valence-corrected chi connectivity index (χ1v) is 11.7. The van der Waals surface area contributed by atoms with E-state index in [9.17, 15) is 0 Å². The number of piperidine rings is 1. The van der Waals surface area contributed by atoms with Gasteiger partial charge in [-0.25, -0.2) is 4.98 Å². The third-order valence-corrected chi connectivity index (χ3v) is 6.20. The van der Waals surface area contributed by atoms with Crippen LogP contribution in [0, 0.1) is 6.92 Å². The number of thiazole rings is 1. The average Bonchev–Trinajstić information content (AvgIpc) is 3.17. The standard InChI is InChI=1S/C23H35N5OS.HI/c1-19-26-21(18-30-19)17-27(3)23(24-2)25-12-7-15-29-22-10-13-28(14-11-22)16-20-8-5-4-6-9-20;/h4-6,8-9,18,22H,7,10-17H2,1-3H3,(H,24,25);1H. The Balaban J connectivity index is 0.00000341. The number of aryl methyl sites for hydroxylation is 1. The predicted molar refractivity (Wildman–Crippen MR) is 140 cm³/mol. The second-order valence-corrected chi connectivity index (χ2v) is 8.94. The van der Waals surface area contributed by atoms with E-state index >= 15 is 0 Å². The van der Waals surface area contributed by atoms with E-state index in [1.165, 1.54) is 5.56 Å². The molecule has 0 saturated carbocycles. The van der Waals surface area contributed by atoms with E-state index in [1.54, 1.807) is 11.3 Å². The van der Waals surface area contributed by atoms with Gasteiger partial charge in [-0.1, -0.05) is 30.3 Å². The zero-order valence-corrected chi connectivity index (χ0v) is 22.1. The van der Waals surface area contributed by atoms with Crippen LogP contribution in [0.25, 0.3) is 0 Å². The van der Waals surface area contributed by atoms with Crippen molar-refractivity contribution in [3.8, 4) is 0 Å². The number of hydrogen-bond acceptors (Lipinski definition) is 5. The van der Waals surface area contributed by atoms with E-state index in [1.807, 2.05) is 21.0 Å². The lowest BCUT2D eigenvalue weighted by Gasteiger charge is -2.32. The number of benzene rings is 1. The fourth-order valence-electron chi connectivity index (χ4n) is 3.78. The highest BCUT2D eigenvalue weighted by atomic mass is 127. The summed E-state index contributed by atoms with van der Waals surface area (Å²) < 4.78 is 6.13. The van der Waals surface area contributed by atoms with Crippen molar-refractivity contribution in [3.63, 3.8) is 0 Å². The topological polar surface area (TPSA) is 53.0 Å². The van der Waals surface area contributed by atoms with Gasteiger partial charge < -0.3 is 15.0 Å². The number of guanidine groups is 1. The summed E-state index contributed by atoms with van der Waals surface area (Å²) in [7, 11) is 3.87. The first-order valence-electron chi connectivity index (χ1n) is 10.8. The van der Waals surface area contributed by atoms with E-state index < -0.39 is 0 Å². The molecule has 0 unspecified atom stereocenters. The molecule has 6 nitrogen and oxygen atoms in total. The minimum absolute atomic E-state index is 0. The Morgan fingerprint density at radius 2 is 2.03 bits per heavy atom. The largest absolute Gasteiger partial charge is 0.378 e. The SMILES string of the molecule is CN=C(NCCCOC1CCN(Cc2ccccc2)CC1)N(C)Cc1csc(C)n1.I. The van der Waals surface area contributed by atoms with Gasteiger partial charge in [0.2, 0.25) is 0 Å². The van der Waals surface area contributed by atoms with Crippen molar-refractivity contribution in [2.45, 2.75) is 45.4 Å². The van der Waals surface area contributed by atoms with Crippen LogP contribution in [0.3, 0.4) is 0 Å². The van der Waals surface area contributed by atoms with Crippen LogP contribution >= 0.6 is 35.3 Å². The molecule has 0 bridgehead atoms. The van der Waals surface area contributed by atoms with Gasteiger partial charge in [-0.2, -0.15) is 0 Å². The van der Waals surface area contributed by atoms with Gasteiger partial charge in [0, 0.05) is 52.3 Å². The molecule has 2 heterocycles. The maximum Gasteiger partial charge on any atom is 0.193 e. The summed E-state index contributed by atoms with van der Waals surface area (Å²) in [6.07, 6.45) is 3.62. The zero-order valence-electron chi connectivity index (χ0n) is 18.9. The second kappa shape index (κ2) is 14.0. The number of nitrogens with zero attached hydrogens (tertiary/aromatic N) is 4. The number of aromatic nitrogens is 1. The van der Waals surface area contributed by atoms with E-state index in [-0.39, 0.29) is 24.0 Å². The van der Waals surface area contributed by atoms with Gasteiger partial charge in [-0.05, 0) is 31.7 Å². The number of nitrogens with one attached hydrogen (secondary N) is 1. The van der Waals surface area contributed by atoms with Crippen LogP contribution in [0.5, 0.6) is 0 Å². The molecule has 0 spiro atoms. The Morgan fingerprint density at radius 3 is 2.68 bits per heavy atom. The monoisotopic (exact) mass is 557 g/mol. The number of likely N-dealkylation sites (tertiary alicyclic amines) is 1. The van der Waals surface area contributed by atoms with E-state index in [0.29, 0.717) is 6.10 Å². The molecule has 8 heteroatoms. The van der Waals surface area contributed by atoms with Crippen LogP contribution < -0.4 is 5.32 Å². The molecule has 3 rings (SSSR count). The Kier molecular flexibility index (Phi) is 11.8. The molecule has 1 aromatic carbocycles. The fourth-order valence-corrected chi connectivity index (χ4v) is 4.39. The van der Waals surface area contributed by atoms with E-state index in [0.717, 1.165) is 75.3 Å². The molecule has 0 amide bonds. The zero-order chi connectivity index (χ0) is 21.2. The Labute approximate surface area is 208 Å². The van der Waals surface area contributed by atoms with Gasteiger partial charge in [-0.3, -0.25) is 9.89 Å². The average molecular weight is 558 g/mol. The van der Waals surface area contributed by atoms with Crippen molar-refractivity contribution in [1.82, 2.24) is 20.1 Å². The van der Waals surface area contributed by atoms with Gasteiger partial charge in [0.25, 0.3) is 0 Å². The number of halogens is 1. The molecule has 1 saturated heterocycles. The summed E-state index contributed by atoms with van der Waals surface area (Å²) in [6.45, 7) is 7.74. The van der Waals surface area contributed by atoms with Gasteiger partial charge in [0.15, 0.2) is 5.96 Å². The van der Waals surface area contributed by atoms with Gasteiger partial charge in [-0.15, -0.1) is 35.3 Å². The summed E-state index contributed by atoms with van der Waals surface area (Å²) >= 11 is 1.69. The molecule has 1 fully saturated rings. The molecule has 0 aliphatic carbocycles. The highest BCUT2D eigenvalue weighted by Gasteiger charge is 2.19. The van der Waals surface area contributed by atoms with Crippen LogP contribution in [0.1, 0.15) is 35.5 Å². The van der Waals surface area contributed by atoms with Crippen molar-refractivity contribution in [2.75, 3.05) is 40.3 Å². The highest BCUT2D eigenvalue weighted by Crippen LogP contribution is 2.16. The third-order valence-electron chi connectivity index (χ3n) is 5.38. The first-order chi connectivity index (χ1) is 14.6. The lowest BCUT2D eigenvalue weighted by Crippen LogP contribution is -2.39. The summed E-state index contributed by atoms with van der Waals surface area (Å²) in [4.78, 5) is 13.5. The van der Waals surface area contributed by atoms with Gasteiger partial charge in [0.05, 0.1) is 23.4 Å². The van der Waals surface area contributed by atoms with E-state index in [2.05, 4.69) is 60.8 Å². The molecule has 1 aliphatic heterocycles. The normalized spacial score (nSPS) is 15.5. The van der Waals surface area contributed by atoms with Crippen molar-refractivity contribution >= 4 is 41.3 Å². The van der Waals surface area contributed by atoms with E-state index in [4.69, 9.17) is 4.74 Å². The van der Waals surface area contributed by atoms with Gasteiger partial charge in [0.1, 0.15) is 0 Å². The maximum absolute atomic E-state index is 6.13. The summed E-state index contributed by atoms with van der Waals surface area (Å²) in [5.74, 6) is 0.898. The molecule has 0 atom stereocenters. The molecule has 0 radical (unpaired) electrons. The molecule has 1 aliphatic rings. The molecule has 2 aromatic rings. The fraction of sp³-hybridized carbons (Fsp3) is 0.565. The molecule has 1 aromatic heterocycles. The summed E-state index contributed by atoms with van der Waals surface area (Å²) in [6, 6.07) is 10.7. The van der Waals surface area contributed by atoms with Crippen molar-refractivity contribution in [1.29, 1.82) is 0 Å². The number of ether oxygens (including phenoxy) is 1. The number of hydrogen-bond donors (Lipinski definition) is 1. The minimum Gasteiger partial charge on any atom is -0.378 e. The maximum atomic E-state index is 6.13. The number of rotatable bonds is 9. The first kappa shape index (κ1) is 26.0. The molecular formula is C23H36IN5OS. The Morgan fingerprint density at radius 1 is 1.29 bits per heavy atom. The van der Waals surface area contributed by atoms with Crippen molar-refractivity contribution in [3.05, 3.63) is 52.0 Å². The van der Waals surface area contributed by atoms with Crippen LogP contribution in [0.4, 0.5) is 0 Å². The number of aliphatic imine (C=N–C) groups is 1. The van der Waals surface area contributed by atoms with Gasteiger partial charge >= 0.3 is 0 Å². The van der Waals surface area contributed by atoms with Crippen LogP contribution in [-0.2, 0) is 17.8 Å². The summed E-state index contributed by atoms with van der Waals surface area (Å²) in [5, 5.41) is 6.64. The Hall–Kier alpha value is -1.23. The minimum atomic E-state index is 0. The van der Waals surface area contributed by atoms with Crippen LogP contribution in [0.15, 0.2) is 40.7 Å². The highest BCUT2D eigenvalue weighted by molar-refractivity contribution is 14.0. The van der Waals surface area contributed by atoms with Crippen LogP contribution in [-0.4, -0.2) is 67.2 Å². The molecule has 31 heavy (non-hydrogen) atoms. The molecule has 172 valence electrons. The smallest absolute Gasteiger partial charge is 0.193 e. The quantitative estimate of drug-likeness (QED) is 0.217. The van der Waals surface area contributed by atoms with Crippen molar-refractivity contribution in [2.24, 2.45) is 4.99 Å².